The van der Waals surface area contributed by atoms with Crippen molar-refractivity contribution >= 4 is 17.8 Å². The van der Waals surface area contributed by atoms with Gasteiger partial charge in [0.25, 0.3) is 0 Å². The average Bonchev–Trinajstić information content (AvgIpc) is 2.89. The summed E-state index contributed by atoms with van der Waals surface area (Å²) in [5.41, 5.74) is -0.0000316. The van der Waals surface area contributed by atoms with Gasteiger partial charge in [-0.1, -0.05) is 43.7 Å². The highest BCUT2D eigenvalue weighted by Crippen LogP contribution is 2.47. The Morgan fingerprint density at radius 3 is 2.52 bits per heavy atom. The summed E-state index contributed by atoms with van der Waals surface area (Å²) in [6.45, 7) is 3.68. The molecule has 0 spiro atoms. The number of ether oxygens (including phenoxy) is 1. The zero-order valence-corrected chi connectivity index (χ0v) is 15.9. The number of carbonyl (C=O) groups is 3. The van der Waals surface area contributed by atoms with Gasteiger partial charge < -0.3 is 9.84 Å². The Labute approximate surface area is 159 Å². The second-order valence-electron chi connectivity index (χ2n) is 7.62. The van der Waals surface area contributed by atoms with Gasteiger partial charge in [-0.2, -0.15) is 0 Å². The highest BCUT2D eigenvalue weighted by atomic mass is 16.6. The van der Waals surface area contributed by atoms with Crippen LogP contribution in [0.25, 0.3) is 0 Å². The van der Waals surface area contributed by atoms with E-state index in [2.05, 4.69) is 0 Å². The number of imide groups is 1. The Balaban J connectivity index is 1.70. The number of ketones is 1. The third kappa shape index (κ3) is 3.50. The van der Waals surface area contributed by atoms with E-state index < -0.39 is 35.7 Å². The molecule has 1 aliphatic carbocycles. The van der Waals surface area contributed by atoms with Crippen molar-refractivity contribution in [3.63, 3.8) is 0 Å². The highest BCUT2D eigenvalue weighted by Gasteiger charge is 2.51. The van der Waals surface area contributed by atoms with Crippen LogP contribution < -0.4 is 0 Å². The number of Topliss-reactive ketones (excluding diaryl/α,β-unsaturated/α-hetero) is 1. The van der Waals surface area contributed by atoms with E-state index in [1.807, 2.05) is 37.3 Å². The number of cyclic esters (lactones) is 1. The Bertz CT molecular complexity index is 713. The number of aliphatic hydroxyl groups excluding tert-OH is 1. The number of hydrogen-bond donors (Lipinski definition) is 1. The maximum atomic E-state index is 12.8. The smallest absolute Gasteiger partial charge is 0.417 e. The van der Waals surface area contributed by atoms with Crippen LogP contribution in [0.2, 0.25) is 0 Å². The number of rotatable bonds is 7. The van der Waals surface area contributed by atoms with Crippen molar-refractivity contribution in [2.75, 3.05) is 0 Å². The van der Waals surface area contributed by atoms with Crippen LogP contribution in [0.5, 0.6) is 0 Å². The molecule has 2 fully saturated rings. The van der Waals surface area contributed by atoms with Crippen molar-refractivity contribution in [3.8, 4) is 0 Å². The van der Waals surface area contributed by atoms with Gasteiger partial charge >= 0.3 is 6.09 Å². The van der Waals surface area contributed by atoms with Crippen LogP contribution in [0, 0.1) is 5.41 Å². The summed E-state index contributed by atoms with van der Waals surface area (Å²) in [5, 5.41) is 10.7. The maximum absolute atomic E-state index is 12.8. The first-order valence-electron chi connectivity index (χ1n) is 9.69. The van der Waals surface area contributed by atoms with Crippen LogP contribution in [-0.4, -0.2) is 39.9 Å². The molecule has 0 unspecified atom stereocenters. The van der Waals surface area contributed by atoms with E-state index in [9.17, 15) is 19.5 Å². The zero-order valence-electron chi connectivity index (χ0n) is 15.9. The molecule has 2 aliphatic rings. The quantitative estimate of drug-likeness (QED) is 0.792. The number of benzene rings is 1. The Morgan fingerprint density at radius 2 is 1.96 bits per heavy atom. The van der Waals surface area contributed by atoms with Gasteiger partial charge in [0.1, 0.15) is 11.9 Å². The molecule has 0 radical (unpaired) electrons. The first-order chi connectivity index (χ1) is 12.9. The van der Waals surface area contributed by atoms with E-state index in [0.29, 0.717) is 19.3 Å². The predicted molar refractivity (Wildman–Crippen MR) is 98.8 cm³/mol. The molecule has 1 saturated heterocycles. The lowest BCUT2D eigenvalue weighted by Crippen LogP contribution is -2.50. The molecule has 1 heterocycles. The van der Waals surface area contributed by atoms with Gasteiger partial charge in [-0.3, -0.25) is 9.59 Å². The molecule has 6 heteroatoms. The predicted octanol–water partition coefficient (Wildman–Crippen LogP) is 3.39. The number of nitrogens with zero attached hydrogens (tertiary/aromatic N) is 1. The van der Waals surface area contributed by atoms with Crippen LogP contribution in [0.3, 0.4) is 0 Å². The van der Waals surface area contributed by atoms with Crippen molar-refractivity contribution in [2.24, 2.45) is 5.41 Å². The van der Waals surface area contributed by atoms with Gasteiger partial charge in [0, 0.05) is 6.42 Å². The van der Waals surface area contributed by atoms with E-state index in [1.165, 1.54) is 0 Å². The minimum absolute atomic E-state index is 0.0239. The van der Waals surface area contributed by atoms with Crippen molar-refractivity contribution in [1.29, 1.82) is 0 Å². The van der Waals surface area contributed by atoms with Gasteiger partial charge in [0.15, 0.2) is 0 Å². The maximum Gasteiger partial charge on any atom is 0.417 e. The molecule has 2 amide bonds. The fourth-order valence-corrected chi connectivity index (χ4v) is 4.17. The van der Waals surface area contributed by atoms with Crippen molar-refractivity contribution in [1.82, 2.24) is 4.90 Å². The number of aliphatic hydroxyl groups is 1. The fraction of sp³-hybridized carbons (Fsp3) is 0.571. The van der Waals surface area contributed by atoms with Crippen LogP contribution in [0.4, 0.5) is 4.79 Å². The standard InChI is InChI=1S/C21H27NO5/c1-3-8-16(23)21(11-7-12-21)17(24)13-18(25)22-14(2)19(27-20(22)26)15-9-5-4-6-10-15/h4-6,9-10,14,17,19,24H,3,7-8,11-13H2,1-2H3/t14-,17-,19-/m1/s1. The van der Waals surface area contributed by atoms with Crippen molar-refractivity contribution in [2.45, 2.75) is 70.6 Å². The fourth-order valence-electron chi connectivity index (χ4n) is 4.17. The number of carbonyl (C=O) groups excluding carboxylic acids is 3. The molecule has 6 nitrogen and oxygen atoms in total. The van der Waals surface area contributed by atoms with Crippen molar-refractivity contribution in [3.05, 3.63) is 35.9 Å². The van der Waals surface area contributed by atoms with Gasteiger partial charge in [0.05, 0.1) is 24.0 Å². The normalized spacial score (nSPS) is 24.9. The van der Waals surface area contributed by atoms with Gasteiger partial charge in [-0.15, -0.1) is 0 Å². The van der Waals surface area contributed by atoms with E-state index in [4.69, 9.17) is 4.74 Å². The lowest BCUT2D eigenvalue weighted by Gasteiger charge is -2.44. The summed E-state index contributed by atoms with van der Waals surface area (Å²) in [6, 6.07) is 8.81. The largest absolute Gasteiger partial charge is 0.439 e. The summed E-state index contributed by atoms with van der Waals surface area (Å²) in [7, 11) is 0. The molecule has 0 aromatic heterocycles. The van der Waals surface area contributed by atoms with Crippen LogP contribution in [0.15, 0.2) is 30.3 Å². The molecule has 1 aliphatic heterocycles. The second kappa shape index (κ2) is 7.80. The third-order valence-corrected chi connectivity index (χ3v) is 5.95. The minimum Gasteiger partial charge on any atom is -0.439 e. The monoisotopic (exact) mass is 373 g/mol. The summed E-state index contributed by atoms with van der Waals surface area (Å²) in [4.78, 5) is 38.6. The third-order valence-electron chi connectivity index (χ3n) is 5.95. The Morgan fingerprint density at radius 1 is 1.30 bits per heavy atom. The van der Waals surface area contributed by atoms with Gasteiger partial charge in [-0.05, 0) is 31.7 Å². The molecule has 146 valence electrons. The van der Waals surface area contributed by atoms with Crippen molar-refractivity contribution < 1.29 is 24.2 Å². The molecular formula is C21H27NO5. The Hall–Kier alpha value is -2.21. The molecule has 3 rings (SSSR count). The first-order valence-corrected chi connectivity index (χ1v) is 9.69. The summed E-state index contributed by atoms with van der Waals surface area (Å²) in [5.74, 6) is -0.468. The highest BCUT2D eigenvalue weighted by molar-refractivity contribution is 5.95. The van der Waals surface area contributed by atoms with E-state index in [-0.39, 0.29) is 12.2 Å². The lowest BCUT2D eigenvalue weighted by molar-refractivity contribution is -0.148. The Kier molecular flexibility index (Phi) is 5.65. The average molecular weight is 373 g/mol. The van der Waals surface area contributed by atoms with Gasteiger partial charge in [-0.25, -0.2) is 9.69 Å². The molecular weight excluding hydrogens is 346 g/mol. The topological polar surface area (TPSA) is 83.9 Å². The zero-order chi connectivity index (χ0) is 19.6. The number of amides is 2. The van der Waals surface area contributed by atoms with E-state index in [1.54, 1.807) is 6.92 Å². The molecule has 27 heavy (non-hydrogen) atoms. The number of hydrogen-bond acceptors (Lipinski definition) is 5. The molecule has 1 saturated carbocycles. The van der Waals surface area contributed by atoms with Crippen LogP contribution >= 0.6 is 0 Å². The molecule has 1 N–H and O–H groups in total. The summed E-state index contributed by atoms with van der Waals surface area (Å²) >= 11 is 0. The summed E-state index contributed by atoms with van der Waals surface area (Å²) < 4.78 is 5.40. The van der Waals surface area contributed by atoms with Crippen LogP contribution in [-0.2, 0) is 14.3 Å². The molecule has 1 aromatic carbocycles. The lowest BCUT2D eigenvalue weighted by atomic mass is 9.61. The molecule has 3 atom stereocenters. The molecule has 1 aromatic rings. The first kappa shape index (κ1) is 19.5. The minimum atomic E-state index is -1.06. The summed E-state index contributed by atoms with van der Waals surface area (Å²) in [6.07, 6.45) is 0.678. The van der Waals surface area contributed by atoms with Gasteiger partial charge in [0.2, 0.25) is 5.91 Å². The van der Waals surface area contributed by atoms with Crippen LogP contribution in [0.1, 0.15) is 64.0 Å². The van der Waals surface area contributed by atoms with E-state index >= 15 is 0 Å². The molecule has 0 bridgehead atoms. The SMILES string of the molecule is CCCC(=O)C1([C@H](O)CC(=O)N2C(=O)O[C@@H](c3ccccc3)[C@H]2C)CCC1. The van der Waals surface area contributed by atoms with E-state index in [0.717, 1.165) is 23.3 Å². The second-order valence-corrected chi connectivity index (χ2v) is 7.62.